The number of phenols is 1. The molecule has 10 nitrogen and oxygen atoms in total. The van der Waals surface area contributed by atoms with Crippen molar-refractivity contribution < 1.29 is 47.9 Å². The summed E-state index contributed by atoms with van der Waals surface area (Å²) >= 11 is 0. The molecule has 0 unspecified atom stereocenters. The van der Waals surface area contributed by atoms with Gasteiger partial charge in [0, 0.05) is 25.7 Å². The maximum Gasteiger partial charge on any atom is 0.344 e. The topological polar surface area (TPSA) is 127 Å². The molecule has 0 atom stereocenters. The van der Waals surface area contributed by atoms with Crippen molar-refractivity contribution in [3.05, 3.63) is 115 Å². The third-order valence-corrected chi connectivity index (χ3v) is 11.9. The lowest BCUT2D eigenvalue weighted by molar-refractivity contribution is -0.146. The molecule has 4 aromatic carbocycles. The van der Waals surface area contributed by atoms with E-state index in [-0.39, 0.29) is 79.9 Å². The summed E-state index contributed by atoms with van der Waals surface area (Å²) in [6.07, 6.45) is 1.14. The molecule has 1 aliphatic carbocycles. The van der Waals surface area contributed by atoms with Crippen LogP contribution in [-0.4, -0.2) is 62.7 Å². The third-order valence-electron chi connectivity index (χ3n) is 11.9. The normalized spacial score (nSPS) is 13.1. The molecule has 0 saturated heterocycles. The fourth-order valence-corrected chi connectivity index (χ4v) is 8.19. The Labute approximate surface area is 393 Å². The van der Waals surface area contributed by atoms with E-state index in [1.807, 2.05) is 0 Å². The van der Waals surface area contributed by atoms with Crippen molar-refractivity contribution in [2.24, 2.45) is 0 Å². The van der Waals surface area contributed by atoms with E-state index in [4.69, 9.17) is 28.4 Å². The molecule has 4 aromatic rings. The Kier molecular flexibility index (Phi) is 16.0. The van der Waals surface area contributed by atoms with E-state index >= 15 is 0 Å². The summed E-state index contributed by atoms with van der Waals surface area (Å²) in [6.45, 7) is 30.8. The Morgan fingerprint density at radius 2 is 0.591 bits per heavy atom. The number of carbonyl (C=O) groups is 3. The maximum atomic E-state index is 13.1. The number of rotatable bonds is 12. The van der Waals surface area contributed by atoms with E-state index in [2.05, 4.69) is 132 Å². The monoisotopic (exact) mass is 907 g/mol. The number of carbonyl (C=O) groups excluding carboxylic acids is 3. The summed E-state index contributed by atoms with van der Waals surface area (Å²) < 4.78 is 35.9. The Hall–Kier alpha value is -5.51. The van der Waals surface area contributed by atoms with Crippen LogP contribution >= 0.6 is 0 Å². The predicted octanol–water partition coefficient (Wildman–Crippen LogP) is 11.1. The van der Waals surface area contributed by atoms with Gasteiger partial charge in [0.15, 0.2) is 19.8 Å². The van der Waals surface area contributed by atoms with Gasteiger partial charge in [-0.3, -0.25) is 0 Å². The molecule has 0 aliphatic heterocycles. The molecule has 0 radical (unpaired) electrons. The van der Waals surface area contributed by atoms with Crippen molar-refractivity contribution in [2.75, 3.05) is 39.6 Å². The quantitative estimate of drug-likeness (QED) is 0.0955. The maximum absolute atomic E-state index is 13.1. The molecule has 5 rings (SSSR count). The van der Waals surface area contributed by atoms with Gasteiger partial charge >= 0.3 is 17.9 Å². The second-order valence-corrected chi connectivity index (χ2v) is 21.5. The lowest BCUT2D eigenvalue weighted by atomic mass is 9.79. The Morgan fingerprint density at radius 3 is 0.788 bits per heavy atom. The fraction of sp³-hybridized carbons (Fsp3) is 0.518. The van der Waals surface area contributed by atoms with Crippen LogP contribution in [0.1, 0.15) is 171 Å². The molecule has 0 fully saturated rings. The largest absolute Gasteiger partial charge is 0.507 e. The number of benzene rings is 4. The highest BCUT2D eigenvalue weighted by Crippen LogP contribution is 2.44. The number of esters is 3. The first-order valence-corrected chi connectivity index (χ1v) is 23.4. The van der Waals surface area contributed by atoms with Gasteiger partial charge in [-0.1, -0.05) is 132 Å². The predicted molar refractivity (Wildman–Crippen MR) is 260 cm³/mol. The molecule has 0 heterocycles. The molecule has 1 N–H and O–H groups in total. The van der Waals surface area contributed by atoms with Gasteiger partial charge in [0.25, 0.3) is 0 Å². The number of phenolic OH excluding ortho intramolecular Hbond substituents is 1. The summed E-state index contributed by atoms with van der Waals surface area (Å²) in [4.78, 5) is 39.2. The lowest BCUT2D eigenvalue weighted by Crippen LogP contribution is -2.20. The average Bonchev–Trinajstić information content (AvgIpc) is 3.19. The van der Waals surface area contributed by atoms with Crippen LogP contribution < -0.4 is 14.2 Å². The Balaban J connectivity index is 1.99. The minimum Gasteiger partial charge on any atom is -0.507 e. The third kappa shape index (κ3) is 12.9. The van der Waals surface area contributed by atoms with Gasteiger partial charge in [-0.05, 0) is 109 Å². The van der Waals surface area contributed by atoms with Crippen molar-refractivity contribution in [3.63, 3.8) is 0 Å². The highest BCUT2D eigenvalue weighted by atomic mass is 16.6. The van der Waals surface area contributed by atoms with Crippen LogP contribution in [-0.2, 0) is 75.9 Å². The lowest BCUT2D eigenvalue weighted by Gasteiger charge is -2.28. The highest BCUT2D eigenvalue weighted by Gasteiger charge is 2.30. The number of aromatic hydroxyl groups is 1. The number of ether oxygens (including phenoxy) is 6. The zero-order valence-corrected chi connectivity index (χ0v) is 42.3. The smallest absolute Gasteiger partial charge is 0.344 e. The molecule has 0 aromatic heterocycles. The minimum absolute atomic E-state index is 0.142. The van der Waals surface area contributed by atoms with Crippen LogP contribution in [0.25, 0.3) is 0 Å². The molecular weight excluding hydrogens is 833 g/mol. The van der Waals surface area contributed by atoms with Crippen LogP contribution in [0.3, 0.4) is 0 Å². The van der Waals surface area contributed by atoms with Crippen molar-refractivity contribution in [2.45, 2.75) is 151 Å². The second-order valence-electron chi connectivity index (χ2n) is 21.5. The number of fused-ring (bicyclic) bond motifs is 8. The van der Waals surface area contributed by atoms with E-state index in [1.165, 1.54) is 0 Å². The van der Waals surface area contributed by atoms with Gasteiger partial charge < -0.3 is 33.5 Å². The van der Waals surface area contributed by atoms with Gasteiger partial charge in [-0.15, -0.1) is 0 Å². The van der Waals surface area contributed by atoms with E-state index in [0.717, 1.165) is 55.6 Å². The van der Waals surface area contributed by atoms with Gasteiger partial charge in [0.1, 0.15) is 23.0 Å². The zero-order valence-electron chi connectivity index (χ0n) is 42.3. The van der Waals surface area contributed by atoms with Crippen LogP contribution in [0.2, 0.25) is 0 Å². The molecule has 0 saturated carbocycles. The van der Waals surface area contributed by atoms with Crippen LogP contribution in [0.4, 0.5) is 0 Å². The van der Waals surface area contributed by atoms with Crippen LogP contribution in [0.5, 0.6) is 23.0 Å². The van der Waals surface area contributed by atoms with Crippen molar-refractivity contribution in [1.82, 2.24) is 0 Å². The average molecular weight is 907 g/mol. The molecular formula is C56H74O10. The van der Waals surface area contributed by atoms with Crippen LogP contribution in [0, 0.1) is 0 Å². The highest BCUT2D eigenvalue weighted by molar-refractivity contribution is 5.73. The van der Waals surface area contributed by atoms with Crippen molar-refractivity contribution >= 4 is 17.9 Å². The number of hydrogen-bond acceptors (Lipinski definition) is 10. The Morgan fingerprint density at radius 1 is 0.394 bits per heavy atom. The van der Waals surface area contributed by atoms with Crippen LogP contribution in [0.15, 0.2) is 48.5 Å². The first-order valence-electron chi connectivity index (χ1n) is 23.4. The number of hydrogen-bond donors (Lipinski definition) is 1. The SMILES string of the molecule is CCOC(=O)COc1c2cc(C(C)(C)C)cc1Cc1cc(C(C)(C)C)cc(c1OCC(=O)OCC)Cc1cc(C(C)(C)C)cc(c1OCC(=O)OCC)Cc1cc(C(C)(C)C)cc(c1O)C2. The van der Waals surface area contributed by atoms with Crippen molar-refractivity contribution in [3.8, 4) is 23.0 Å². The van der Waals surface area contributed by atoms with Crippen molar-refractivity contribution in [1.29, 1.82) is 0 Å². The van der Waals surface area contributed by atoms with Gasteiger partial charge in [0.2, 0.25) is 0 Å². The van der Waals surface area contributed by atoms with Gasteiger partial charge in [0.05, 0.1) is 19.8 Å². The summed E-state index contributed by atoms with van der Waals surface area (Å²) in [5.41, 5.74) is 9.08. The fourth-order valence-electron chi connectivity index (χ4n) is 8.19. The Bertz CT molecular complexity index is 2280. The van der Waals surface area contributed by atoms with E-state index in [1.54, 1.807) is 20.8 Å². The molecule has 358 valence electrons. The molecule has 10 heteroatoms. The second kappa shape index (κ2) is 20.6. The first kappa shape index (κ1) is 51.5. The molecule has 1 aliphatic rings. The molecule has 0 spiro atoms. The zero-order chi connectivity index (χ0) is 48.9. The van der Waals surface area contributed by atoms with E-state index in [9.17, 15) is 19.5 Å². The summed E-state index contributed by atoms with van der Waals surface area (Å²) in [5, 5.41) is 12.5. The summed E-state index contributed by atoms with van der Waals surface area (Å²) in [6, 6.07) is 16.9. The summed E-state index contributed by atoms with van der Waals surface area (Å²) in [5.74, 6) is 0.185. The van der Waals surface area contributed by atoms with E-state index in [0.29, 0.717) is 41.2 Å². The molecule has 8 bridgehead atoms. The van der Waals surface area contributed by atoms with Gasteiger partial charge in [-0.25, -0.2) is 14.4 Å². The first-order chi connectivity index (χ1) is 30.7. The minimum atomic E-state index is -0.502. The van der Waals surface area contributed by atoms with Gasteiger partial charge in [-0.2, -0.15) is 0 Å². The standard InChI is InChI=1S/C56H74O10/c1-16-61-46(57)31-64-50-36-19-34-23-42(53(4,5)6)24-35(49(34)60)20-37-26-44(55(10,11)12)28-39(51(37)65-32-47(58)62-17-2)22-41-30-45(56(13,14)15)29-40(52(41)66-33-48(59)63-18-3)21-38(50)27-43(25-36)54(7,8)9/h23-30,60H,16-22,31-33H2,1-15H3. The van der Waals surface area contributed by atoms with E-state index < -0.39 is 17.9 Å². The molecule has 66 heavy (non-hydrogen) atoms. The summed E-state index contributed by atoms with van der Waals surface area (Å²) in [7, 11) is 0. The molecule has 0 amide bonds.